The maximum atomic E-state index is 13.0. The van der Waals surface area contributed by atoms with E-state index in [1.165, 1.54) is 36.4 Å². The van der Waals surface area contributed by atoms with Gasteiger partial charge in [-0.1, -0.05) is 17.7 Å². The van der Waals surface area contributed by atoms with Crippen LogP contribution in [0.5, 0.6) is 5.75 Å². The summed E-state index contributed by atoms with van der Waals surface area (Å²) in [6, 6.07) is 8.07. The van der Waals surface area contributed by atoms with Crippen LogP contribution in [0.2, 0.25) is 5.02 Å². The van der Waals surface area contributed by atoms with Crippen molar-refractivity contribution in [1.29, 1.82) is 0 Å². The Kier molecular flexibility index (Phi) is 3.65. The number of aromatic hydroxyl groups is 1. The number of benzene rings is 2. The van der Waals surface area contributed by atoms with Gasteiger partial charge in [0.15, 0.2) is 11.1 Å². The van der Waals surface area contributed by atoms with E-state index in [-0.39, 0.29) is 15.7 Å². The molecule has 1 unspecified atom stereocenters. The Balaban J connectivity index is 2.56. The Morgan fingerprint density at radius 3 is 2.44 bits per heavy atom. The first-order valence-electron chi connectivity index (χ1n) is 4.88. The second kappa shape index (κ2) is 5.06. The van der Waals surface area contributed by atoms with Crippen LogP contribution >= 0.6 is 11.6 Å². The fourth-order valence-corrected chi connectivity index (χ4v) is 2.16. The third-order valence-corrected chi connectivity index (χ3v) is 3.27. The maximum Gasteiger partial charge on any atom is 0.186 e. The third-order valence-electron chi connectivity index (χ3n) is 2.35. The molecule has 0 spiro atoms. The molecule has 2 aromatic rings. The second-order valence-corrected chi connectivity index (χ2v) is 4.97. The van der Waals surface area contributed by atoms with E-state index < -0.39 is 16.9 Å². The molecule has 3 nitrogen and oxygen atoms in total. The predicted molar refractivity (Wildman–Crippen MR) is 67.5 cm³/mol. The van der Waals surface area contributed by atoms with E-state index >= 15 is 0 Å². The van der Waals surface area contributed by atoms with Crippen molar-refractivity contribution in [3.8, 4) is 16.9 Å². The molecule has 0 heterocycles. The summed E-state index contributed by atoms with van der Waals surface area (Å²) in [6.07, 6.45) is 0. The standard InChI is InChI=1S/C12H8ClFO3S/c13-11-5-7(1-2-12(11)14)8-3-9(15)6-10(4-8)18(16)17/h1-6,15H,(H,16,17). The van der Waals surface area contributed by atoms with Gasteiger partial charge < -0.3 is 9.66 Å². The molecular formula is C12H8ClFO3S. The fraction of sp³-hybridized carbons (Fsp3) is 0. The summed E-state index contributed by atoms with van der Waals surface area (Å²) in [5.41, 5.74) is 1.03. The van der Waals surface area contributed by atoms with Gasteiger partial charge in [-0.2, -0.15) is 0 Å². The number of rotatable bonds is 2. The zero-order valence-corrected chi connectivity index (χ0v) is 10.5. The van der Waals surface area contributed by atoms with Crippen LogP contribution in [0, 0.1) is 5.82 Å². The zero-order valence-electron chi connectivity index (χ0n) is 8.93. The Morgan fingerprint density at radius 2 is 1.83 bits per heavy atom. The van der Waals surface area contributed by atoms with Crippen molar-refractivity contribution >= 4 is 22.7 Å². The van der Waals surface area contributed by atoms with Gasteiger partial charge in [0.2, 0.25) is 0 Å². The third kappa shape index (κ3) is 2.69. The summed E-state index contributed by atoms with van der Waals surface area (Å²) < 4.78 is 33.0. The highest BCUT2D eigenvalue weighted by molar-refractivity contribution is 7.79. The Bertz CT molecular complexity index is 631. The van der Waals surface area contributed by atoms with Crippen molar-refractivity contribution < 1.29 is 18.3 Å². The lowest BCUT2D eigenvalue weighted by Crippen LogP contribution is -1.89. The van der Waals surface area contributed by atoms with E-state index in [4.69, 9.17) is 16.2 Å². The summed E-state index contributed by atoms with van der Waals surface area (Å²) in [6.45, 7) is 0. The van der Waals surface area contributed by atoms with E-state index in [2.05, 4.69) is 0 Å². The van der Waals surface area contributed by atoms with Crippen molar-refractivity contribution in [3.63, 3.8) is 0 Å². The molecule has 0 aliphatic rings. The monoisotopic (exact) mass is 286 g/mol. The lowest BCUT2D eigenvalue weighted by Gasteiger charge is -2.06. The van der Waals surface area contributed by atoms with Crippen molar-refractivity contribution in [2.24, 2.45) is 0 Å². The number of phenolic OH excluding ortho intramolecular Hbond substituents is 1. The van der Waals surface area contributed by atoms with Gasteiger partial charge in [0.05, 0.1) is 9.92 Å². The molecule has 0 saturated carbocycles. The summed E-state index contributed by atoms with van der Waals surface area (Å²) >= 11 is 3.46. The lowest BCUT2D eigenvalue weighted by molar-refractivity contribution is 0.473. The molecule has 0 amide bonds. The van der Waals surface area contributed by atoms with E-state index in [0.29, 0.717) is 11.1 Å². The molecule has 2 aromatic carbocycles. The zero-order chi connectivity index (χ0) is 13.3. The molecule has 6 heteroatoms. The molecule has 18 heavy (non-hydrogen) atoms. The smallest absolute Gasteiger partial charge is 0.186 e. The Hall–Kier alpha value is -1.43. The highest BCUT2D eigenvalue weighted by Crippen LogP contribution is 2.29. The normalized spacial score (nSPS) is 12.4. The van der Waals surface area contributed by atoms with Crippen LogP contribution in [0.25, 0.3) is 11.1 Å². The van der Waals surface area contributed by atoms with Crippen LogP contribution in [0.3, 0.4) is 0 Å². The van der Waals surface area contributed by atoms with Gasteiger partial charge in [0.25, 0.3) is 0 Å². The molecular weight excluding hydrogens is 279 g/mol. The Labute approximate surface area is 110 Å². The fourth-order valence-electron chi connectivity index (χ4n) is 1.53. The molecule has 1 atom stereocenters. The molecule has 0 radical (unpaired) electrons. The molecule has 94 valence electrons. The molecule has 0 aromatic heterocycles. The van der Waals surface area contributed by atoms with Gasteiger partial charge in [-0.05, 0) is 41.5 Å². The predicted octanol–water partition coefficient (Wildman–Crippen LogP) is 3.43. The van der Waals surface area contributed by atoms with E-state index in [0.717, 1.165) is 0 Å². The van der Waals surface area contributed by atoms with E-state index in [1.54, 1.807) is 0 Å². The molecule has 2 rings (SSSR count). The van der Waals surface area contributed by atoms with Crippen LogP contribution in [0.4, 0.5) is 4.39 Å². The lowest BCUT2D eigenvalue weighted by atomic mass is 10.1. The first-order valence-corrected chi connectivity index (χ1v) is 6.36. The minimum absolute atomic E-state index is 0.0532. The number of hydrogen-bond acceptors (Lipinski definition) is 2. The van der Waals surface area contributed by atoms with Gasteiger partial charge in [-0.3, -0.25) is 0 Å². The quantitative estimate of drug-likeness (QED) is 0.832. The van der Waals surface area contributed by atoms with Crippen molar-refractivity contribution in [1.82, 2.24) is 0 Å². The number of halogens is 2. The SMILES string of the molecule is O=S(O)c1cc(O)cc(-c2ccc(F)c(Cl)c2)c1. The number of hydrogen-bond donors (Lipinski definition) is 2. The number of phenols is 1. The van der Waals surface area contributed by atoms with Gasteiger partial charge in [-0.25, -0.2) is 8.60 Å². The first kappa shape index (κ1) is 13.0. The topological polar surface area (TPSA) is 57.5 Å². The highest BCUT2D eigenvalue weighted by atomic mass is 35.5. The summed E-state index contributed by atoms with van der Waals surface area (Å²) in [5.74, 6) is -0.697. The minimum atomic E-state index is -2.20. The molecule has 0 aliphatic carbocycles. The average molecular weight is 287 g/mol. The molecule has 0 saturated heterocycles. The molecule has 0 bridgehead atoms. The van der Waals surface area contributed by atoms with Gasteiger partial charge in [-0.15, -0.1) is 0 Å². The second-order valence-electron chi connectivity index (χ2n) is 3.59. The van der Waals surface area contributed by atoms with Gasteiger partial charge >= 0.3 is 0 Å². The highest BCUT2D eigenvalue weighted by Gasteiger charge is 2.08. The molecule has 0 fully saturated rings. The van der Waals surface area contributed by atoms with Crippen LogP contribution in [-0.2, 0) is 11.1 Å². The van der Waals surface area contributed by atoms with E-state index in [1.807, 2.05) is 0 Å². The van der Waals surface area contributed by atoms with Gasteiger partial charge in [0, 0.05) is 0 Å². The maximum absolute atomic E-state index is 13.0. The molecule has 2 N–H and O–H groups in total. The largest absolute Gasteiger partial charge is 0.508 e. The van der Waals surface area contributed by atoms with Crippen molar-refractivity contribution in [2.75, 3.05) is 0 Å². The van der Waals surface area contributed by atoms with Gasteiger partial charge in [0.1, 0.15) is 11.6 Å². The molecule has 0 aliphatic heterocycles. The summed E-state index contributed by atoms with van der Waals surface area (Å²) in [4.78, 5) is 0.0606. The Morgan fingerprint density at radius 1 is 1.11 bits per heavy atom. The van der Waals surface area contributed by atoms with Crippen LogP contribution in [0.15, 0.2) is 41.3 Å². The van der Waals surface area contributed by atoms with Crippen molar-refractivity contribution in [3.05, 3.63) is 47.2 Å². The van der Waals surface area contributed by atoms with Crippen LogP contribution in [-0.4, -0.2) is 13.9 Å². The average Bonchev–Trinajstić information content (AvgIpc) is 2.31. The first-order chi connectivity index (χ1) is 8.47. The van der Waals surface area contributed by atoms with E-state index in [9.17, 15) is 13.7 Å². The van der Waals surface area contributed by atoms with Crippen molar-refractivity contribution in [2.45, 2.75) is 4.90 Å². The summed E-state index contributed by atoms with van der Waals surface area (Å²) in [5, 5.41) is 9.42. The summed E-state index contributed by atoms with van der Waals surface area (Å²) in [7, 11) is 0. The van der Waals surface area contributed by atoms with Crippen LogP contribution < -0.4 is 0 Å². The minimum Gasteiger partial charge on any atom is -0.508 e. The van der Waals surface area contributed by atoms with Crippen LogP contribution in [0.1, 0.15) is 0 Å².